The predicted octanol–water partition coefficient (Wildman–Crippen LogP) is 4.91. The second-order valence-electron chi connectivity index (χ2n) is 6.01. The van der Waals surface area contributed by atoms with E-state index in [4.69, 9.17) is 25.8 Å². The topological polar surface area (TPSA) is 78.4 Å². The monoisotopic (exact) mass is 478 g/mol. The molecule has 0 bridgehead atoms. The highest BCUT2D eigenvalue weighted by Crippen LogP contribution is 2.44. The van der Waals surface area contributed by atoms with Crippen LogP contribution < -0.4 is 19.5 Å². The second kappa shape index (κ2) is 6.98. The third-order valence-corrected chi connectivity index (χ3v) is 5.70. The van der Waals surface area contributed by atoms with Gasteiger partial charge in [-0.05, 0) is 30.5 Å². The molecule has 0 unspecified atom stereocenters. The highest BCUT2D eigenvalue weighted by atomic mass is 79.9. The first-order chi connectivity index (χ1) is 13.6. The fourth-order valence-electron chi connectivity index (χ4n) is 3.03. The Kier molecular flexibility index (Phi) is 4.45. The lowest BCUT2D eigenvalue weighted by Crippen LogP contribution is -2.17. The summed E-state index contributed by atoms with van der Waals surface area (Å²) in [6, 6.07) is 9.37. The third kappa shape index (κ3) is 3.03. The van der Waals surface area contributed by atoms with Crippen molar-refractivity contribution in [1.82, 2.24) is 15.2 Å². The molecule has 1 N–H and O–H groups in total. The Morgan fingerprint density at radius 3 is 2.82 bits per heavy atom. The maximum atomic E-state index is 6.52. The van der Waals surface area contributed by atoms with E-state index in [1.54, 1.807) is 6.07 Å². The normalized spacial score (nSPS) is 16.5. The van der Waals surface area contributed by atoms with E-state index in [1.807, 2.05) is 30.5 Å². The molecule has 0 radical (unpaired) electrons. The Bertz CT molecular complexity index is 1100. The van der Waals surface area contributed by atoms with E-state index in [1.165, 1.54) is 11.8 Å². The molecule has 0 fully saturated rings. The molecule has 5 rings (SSSR count). The van der Waals surface area contributed by atoms with E-state index >= 15 is 0 Å². The van der Waals surface area contributed by atoms with Crippen LogP contribution >= 0.6 is 39.3 Å². The van der Waals surface area contributed by atoms with E-state index in [-0.39, 0.29) is 6.79 Å². The van der Waals surface area contributed by atoms with Crippen LogP contribution in [0.2, 0.25) is 5.02 Å². The number of nitrogens with zero attached hydrogens (tertiary/aromatic N) is 3. The Balaban J connectivity index is 1.67. The first-order valence-corrected chi connectivity index (χ1v) is 10.6. The third-order valence-electron chi connectivity index (χ3n) is 4.35. The zero-order valence-electron chi connectivity index (χ0n) is 14.4. The molecule has 2 aliphatic rings. The van der Waals surface area contributed by atoms with E-state index in [0.29, 0.717) is 38.8 Å². The molecular weight excluding hydrogens is 468 g/mol. The van der Waals surface area contributed by atoms with Crippen molar-refractivity contribution in [2.24, 2.45) is 0 Å². The number of thioether (sulfide) groups is 1. The van der Waals surface area contributed by atoms with Gasteiger partial charge in [0.15, 0.2) is 23.4 Å². The lowest BCUT2D eigenvalue weighted by atomic mass is 10.1. The number of anilines is 1. The average molecular weight is 480 g/mol. The van der Waals surface area contributed by atoms with Gasteiger partial charge in [0.05, 0.1) is 5.02 Å². The van der Waals surface area contributed by atoms with Crippen LogP contribution in [0.15, 0.2) is 40.0 Å². The van der Waals surface area contributed by atoms with Gasteiger partial charge in [0.2, 0.25) is 17.8 Å². The number of halogens is 2. The molecule has 1 atom stereocenters. The summed E-state index contributed by atoms with van der Waals surface area (Å²) in [6.45, 7) is 0.169. The molecule has 2 aromatic carbocycles. The first kappa shape index (κ1) is 17.8. The lowest BCUT2D eigenvalue weighted by molar-refractivity contribution is 0.173. The Hall–Kier alpha value is -2.23. The first-order valence-electron chi connectivity index (χ1n) is 8.23. The largest absolute Gasteiger partial charge is 0.454 e. The molecule has 142 valence electrons. The van der Waals surface area contributed by atoms with Gasteiger partial charge in [-0.25, -0.2) is 0 Å². The van der Waals surface area contributed by atoms with Crippen LogP contribution in [0.4, 0.5) is 5.69 Å². The molecule has 0 aliphatic carbocycles. The minimum absolute atomic E-state index is 0.169. The van der Waals surface area contributed by atoms with Crippen molar-refractivity contribution in [3.63, 3.8) is 0 Å². The summed E-state index contributed by atoms with van der Waals surface area (Å²) in [6.07, 6.45) is 1.28. The quantitative estimate of drug-likeness (QED) is 0.520. The Labute approximate surface area is 177 Å². The molecule has 0 spiro atoms. The fraction of sp³-hybridized carbons (Fsp3) is 0.167. The van der Waals surface area contributed by atoms with Crippen molar-refractivity contribution < 1.29 is 14.2 Å². The van der Waals surface area contributed by atoms with Crippen molar-refractivity contribution in [3.8, 4) is 28.6 Å². The molecule has 0 saturated carbocycles. The van der Waals surface area contributed by atoms with Gasteiger partial charge < -0.3 is 19.5 Å². The van der Waals surface area contributed by atoms with Gasteiger partial charge in [0, 0.05) is 27.4 Å². The fourth-order valence-corrected chi connectivity index (χ4v) is 3.94. The smallest absolute Gasteiger partial charge is 0.247 e. The van der Waals surface area contributed by atoms with E-state index in [2.05, 4.69) is 36.4 Å². The highest BCUT2D eigenvalue weighted by molar-refractivity contribution is 9.10. The number of fused-ring (bicyclic) bond motifs is 4. The summed E-state index contributed by atoms with van der Waals surface area (Å²) < 4.78 is 18.0. The van der Waals surface area contributed by atoms with E-state index < -0.39 is 6.23 Å². The molecule has 10 heteroatoms. The van der Waals surface area contributed by atoms with Crippen molar-refractivity contribution >= 4 is 45.0 Å². The molecule has 0 saturated heterocycles. The Morgan fingerprint density at radius 2 is 2.00 bits per heavy atom. The lowest BCUT2D eigenvalue weighted by Gasteiger charge is -2.20. The maximum Gasteiger partial charge on any atom is 0.247 e. The standard InChI is InChI=1S/C18H12BrClN4O3S/c1-28-18-22-17-15(23-24-18)10-4-8(19)2-3-12(10)21-16(27-17)9-5-13-14(6-11(9)20)26-7-25-13/h2-6,16,21H,7H2,1H3/t16-/m0/s1. The molecule has 3 heterocycles. The number of aromatic nitrogens is 3. The number of hydrogen-bond donors (Lipinski definition) is 1. The number of nitrogens with one attached hydrogen (secondary N) is 1. The minimum atomic E-state index is -0.602. The van der Waals surface area contributed by atoms with Gasteiger partial charge in [-0.15, -0.1) is 10.2 Å². The van der Waals surface area contributed by atoms with Crippen molar-refractivity contribution in [3.05, 3.63) is 45.4 Å². The van der Waals surface area contributed by atoms with Crippen LogP contribution in [0.5, 0.6) is 17.4 Å². The van der Waals surface area contributed by atoms with Crippen LogP contribution in [-0.2, 0) is 0 Å². The van der Waals surface area contributed by atoms with Crippen molar-refractivity contribution in [2.75, 3.05) is 18.4 Å². The van der Waals surface area contributed by atoms with Crippen LogP contribution in [0.1, 0.15) is 11.8 Å². The maximum absolute atomic E-state index is 6.52. The SMILES string of the molecule is CSc1nnc2c(n1)O[C@@H](c1cc3c(cc1Cl)OCO3)Nc1ccc(Br)cc1-2. The highest BCUT2D eigenvalue weighted by Gasteiger charge is 2.29. The second-order valence-corrected chi connectivity index (χ2v) is 8.11. The van der Waals surface area contributed by atoms with Crippen molar-refractivity contribution in [2.45, 2.75) is 11.4 Å². The van der Waals surface area contributed by atoms with Crippen LogP contribution in [0, 0.1) is 0 Å². The predicted molar refractivity (Wildman–Crippen MR) is 109 cm³/mol. The number of hydrogen-bond acceptors (Lipinski definition) is 8. The molecule has 3 aromatic rings. The summed E-state index contributed by atoms with van der Waals surface area (Å²) >= 11 is 11.4. The molecule has 28 heavy (non-hydrogen) atoms. The van der Waals surface area contributed by atoms with Gasteiger partial charge in [-0.3, -0.25) is 0 Å². The number of ether oxygens (including phenoxy) is 3. The van der Waals surface area contributed by atoms with Crippen LogP contribution in [-0.4, -0.2) is 28.2 Å². The zero-order valence-corrected chi connectivity index (χ0v) is 17.6. The summed E-state index contributed by atoms with van der Waals surface area (Å²) in [7, 11) is 0. The Morgan fingerprint density at radius 1 is 1.18 bits per heavy atom. The summed E-state index contributed by atoms with van der Waals surface area (Å²) in [5, 5.41) is 12.9. The zero-order chi connectivity index (χ0) is 19.3. The summed E-state index contributed by atoms with van der Waals surface area (Å²) in [4.78, 5) is 4.51. The van der Waals surface area contributed by atoms with Gasteiger partial charge >= 0.3 is 0 Å². The molecule has 0 amide bonds. The number of rotatable bonds is 2. The molecule has 2 aliphatic heterocycles. The molecule has 1 aromatic heterocycles. The molecular formula is C18H12BrClN4O3S. The van der Waals surface area contributed by atoms with Gasteiger partial charge in [0.1, 0.15) is 0 Å². The van der Waals surface area contributed by atoms with Crippen LogP contribution in [0.25, 0.3) is 11.3 Å². The minimum Gasteiger partial charge on any atom is -0.454 e. The number of benzene rings is 2. The van der Waals surface area contributed by atoms with Gasteiger partial charge in [0.25, 0.3) is 0 Å². The van der Waals surface area contributed by atoms with Crippen LogP contribution in [0.3, 0.4) is 0 Å². The van der Waals surface area contributed by atoms with Gasteiger partial charge in [-0.1, -0.05) is 39.3 Å². The van der Waals surface area contributed by atoms with Crippen molar-refractivity contribution in [1.29, 1.82) is 0 Å². The van der Waals surface area contributed by atoms with E-state index in [0.717, 1.165) is 15.7 Å². The van der Waals surface area contributed by atoms with E-state index in [9.17, 15) is 0 Å². The molecule has 7 nitrogen and oxygen atoms in total. The van der Waals surface area contributed by atoms with Gasteiger partial charge in [-0.2, -0.15) is 4.98 Å². The summed E-state index contributed by atoms with van der Waals surface area (Å²) in [5.41, 5.74) is 2.92. The summed E-state index contributed by atoms with van der Waals surface area (Å²) in [5.74, 6) is 1.61. The average Bonchev–Trinajstić information content (AvgIpc) is 3.08.